The molecule has 0 saturated carbocycles. The summed E-state index contributed by atoms with van der Waals surface area (Å²) in [6.45, 7) is 1.46. The number of aromatic nitrogens is 1. The Kier molecular flexibility index (Phi) is 5.59. The van der Waals surface area contributed by atoms with Gasteiger partial charge in [0.05, 0.1) is 12.7 Å². The maximum Gasteiger partial charge on any atom is 0.319 e. The number of carbonyl (C=O) groups is 2. The summed E-state index contributed by atoms with van der Waals surface area (Å²) in [7, 11) is 5.08. The topological polar surface area (TPSA) is 74.8 Å². The summed E-state index contributed by atoms with van der Waals surface area (Å²) in [6, 6.07) is 7.55. The Bertz CT molecular complexity index is 851. The van der Waals surface area contributed by atoms with E-state index in [1.165, 1.54) is 0 Å². The molecule has 1 aromatic carbocycles. The van der Waals surface area contributed by atoms with Gasteiger partial charge in [-0.25, -0.2) is 4.79 Å². The molecule has 3 rings (SSSR count). The Morgan fingerprint density at radius 3 is 2.85 bits per heavy atom. The highest BCUT2D eigenvalue weighted by molar-refractivity contribution is 5.95. The van der Waals surface area contributed by atoms with E-state index >= 15 is 0 Å². The van der Waals surface area contributed by atoms with Crippen LogP contribution in [0.2, 0.25) is 0 Å². The number of urea groups is 1. The highest BCUT2D eigenvalue weighted by atomic mass is 16.5. The van der Waals surface area contributed by atoms with Crippen molar-refractivity contribution in [1.29, 1.82) is 0 Å². The van der Waals surface area contributed by atoms with E-state index in [1.807, 2.05) is 24.3 Å². The van der Waals surface area contributed by atoms with Crippen molar-refractivity contribution >= 4 is 11.9 Å². The highest BCUT2D eigenvalue weighted by Crippen LogP contribution is 2.22. The van der Waals surface area contributed by atoms with Crippen LogP contribution in [0.25, 0.3) is 0 Å². The van der Waals surface area contributed by atoms with E-state index in [2.05, 4.69) is 10.3 Å². The zero-order chi connectivity index (χ0) is 19.4. The Morgan fingerprint density at radius 2 is 2.11 bits per heavy atom. The summed E-state index contributed by atoms with van der Waals surface area (Å²) in [4.78, 5) is 32.4. The highest BCUT2D eigenvalue weighted by Gasteiger charge is 2.25. The van der Waals surface area contributed by atoms with Gasteiger partial charge in [-0.2, -0.15) is 0 Å². The summed E-state index contributed by atoms with van der Waals surface area (Å²) in [5.74, 6) is 0.598. The fourth-order valence-corrected chi connectivity index (χ4v) is 3.20. The van der Waals surface area contributed by atoms with E-state index < -0.39 is 0 Å². The van der Waals surface area contributed by atoms with Gasteiger partial charge in [0.25, 0.3) is 5.91 Å². The third-order valence-electron chi connectivity index (χ3n) is 4.62. The number of methoxy groups -OCH3 is 1. The van der Waals surface area contributed by atoms with Crippen LogP contribution in [0.1, 0.15) is 27.0 Å². The van der Waals surface area contributed by atoms with Crippen molar-refractivity contribution in [2.45, 2.75) is 19.5 Å². The first-order chi connectivity index (χ1) is 13.0. The van der Waals surface area contributed by atoms with Gasteiger partial charge in [-0.1, -0.05) is 12.1 Å². The van der Waals surface area contributed by atoms with E-state index in [0.29, 0.717) is 31.6 Å². The van der Waals surface area contributed by atoms with Crippen molar-refractivity contribution < 1.29 is 14.3 Å². The van der Waals surface area contributed by atoms with Gasteiger partial charge in [-0.05, 0) is 35.2 Å². The Balaban J connectivity index is 1.71. The van der Waals surface area contributed by atoms with Crippen molar-refractivity contribution in [1.82, 2.24) is 20.1 Å². The predicted molar refractivity (Wildman–Crippen MR) is 102 cm³/mol. The minimum atomic E-state index is -0.158. The molecule has 27 heavy (non-hydrogen) atoms. The van der Waals surface area contributed by atoms with Crippen LogP contribution >= 0.6 is 0 Å². The van der Waals surface area contributed by atoms with E-state index in [9.17, 15) is 9.59 Å². The molecule has 0 unspecified atom stereocenters. The summed E-state index contributed by atoms with van der Waals surface area (Å²) in [6.07, 6.45) is 3.98. The largest absolute Gasteiger partial charge is 0.497 e. The molecule has 0 saturated heterocycles. The molecule has 2 aromatic rings. The predicted octanol–water partition coefficient (Wildman–Crippen LogP) is 2.06. The van der Waals surface area contributed by atoms with Gasteiger partial charge in [0, 0.05) is 46.1 Å². The van der Waals surface area contributed by atoms with Gasteiger partial charge < -0.3 is 19.9 Å². The number of nitrogens with zero attached hydrogens (tertiary/aromatic N) is 3. The lowest BCUT2D eigenvalue weighted by Crippen LogP contribution is -2.42. The number of amides is 3. The lowest BCUT2D eigenvalue weighted by molar-refractivity contribution is 0.0948. The minimum Gasteiger partial charge on any atom is -0.497 e. The SMILES string of the molecule is COc1cccc(CNC(=O)c2cncc3c2CCN(C(=O)N(C)C)C3)c1. The molecule has 3 amide bonds. The Hall–Kier alpha value is -3.09. The van der Waals surface area contributed by atoms with Gasteiger partial charge in [0.15, 0.2) is 0 Å². The zero-order valence-electron chi connectivity index (χ0n) is 15.9. The van der Waals surface area contributed by atoms with Crippen LogP contribution < -0.4 is 10.1 Å². The second kappa shape index (κ2) is 8.07. The van der Waals surface area contributed by atoms with Crippen molar-refractivity contribution in [3.63, 3.8) is 0 Å². The summed E-state index contributed by atoms with van der Waals surface area (Å²) in [5.41, 5.74) is 3.43. The molecule has 0 fully saturated rings. The standard InChI is InChI=1S/C20H24N4O3/c1-23(2)20(26)24-8-7-17-15(13-24)11-21-12-18(17)19(25)22-10-14-5-4-6-16(9-14)27-3/h4-6,9,11-12H,7-8,10,13H2,1-3H3,(H,22,25). The van der Waals surface area contributed by atoms with Crippen molar-refractivity contribution in [2.24, 2.45) is 0 Å². The maximum atomic E-state index is 12.7. The molecule has 0 atom stereocenters. The lowest BCUT2D eigenvalue weighted by atomic mass is 9.97. The molecule has 0 bridgehead atoms. The fraction of sp³-hybridized carbons (Fsp3) is 0.350. The summed E-state index contributed by atoms with van der Waals surface area (Å²) >= 11 is 0. The summed E-state index contributed by atoms with van der Waals surface area (Å²) < 4.78 is 5.21. The molecule has 142 valence electrons. The van der Waals surface area contributed by atoms with Crippen LogP contribution in [0.15, 0.2) is 36.7 Å². The number of hydrogen-bond acceptors (Lipinski definition) is 4. The smallest absolute Gasteiger partial charge is 0.319 e. The average molecular weight is 368 g/mol. The number of fused-ring (bicyclic) bond motifs is 1. The molecule has 1 N–H and O–H groups in total. The Morgan fingerprint density at radius 1 is 1.30 bits per heavy atom. The second-order valence-corrected chi connectivity index (χ2v) is 6.71. The van der Waals surface area contributed by atoms with E-state index in [4.69, 9.17) is 4.74 Å². The maximum absolute atomic E-state index is 12.7. The van der Waals surface area contributed by atoms with Gasteiger partial charge in [0.2, 0.25) is 0 Å². The van der Waals surface area contributed by atoms with Crippen molar-refractivity contribution in [3.8, 4) is 5.75 Å². The molecule has 0 aliphatic carbocycles. The van der Waals surface area contributed by atoms with Crippen LogP contribution in [0.3, 0.4) is 0 Å². The molecule has 1 aliphatic rings. The second-order valence-electron chi connectivity index (χ2n) is 6.71. The lowest BCUT2D eigenvalue weighted by Gasteiger charge is -2.31. The minimum absolute atomic E-state index is 0.0338. The molecule has 7 nitrogen and oxygen atoms in total. The fourth-order valence-electron chi connectivity index (χ4n) is 3.20. The number of benzene rings is 1. The van der Waals surface area contributed by atoms with Crippen molar-refractivity contribution in [2.75, 3.05) is 27.7 Å². The Labute approximate surface area is 158 Å². The van der Waals surface area contributed by atoms with Gasteiger partial charge in [-0.3, -0.25) is 9.78 Å². The van der Waals surface area contributed by atoms with Gasteiger partial charge >= 0.3 is 6.03 Å². The molecule has 0 spiro atoms. The molecule has 2 heterocycles. The third-order valence-corrected chi connectivity index (χ3v) is 4.62. The molecule has 7 heteroatoms. The number of rotatable bonds is 4. The average Bonchev–Trinajstić information content (AvgIpc) is 2.70. The van der Waals surface area contributed by atoms with Crippen LogP contribution in [0, 0.1) is 0 Å². The van der Waals surface area contributed by atoms with Crippen LogP contribution in [-0.4, -0.2) is 54.5 Å². The molecule has 1 aliphatic heterocycles. The van der Waals surface area contributed by atoms with Gasteiger partial charge in [0.1, 0.15) is 5.75 Å². The first kappa shape index (κ1) is 18.7. The van der Waals surface area contributed by atoms with Crippen LogP contribution in [0.5, 0.6) is 5.75 Å². The van der Waals surface area contributed by atoms with E-state index in [1.54, 1.807) is 43.4 Å². The van der Waals surface area contributed by atoms with Crippen molar-refractivity contribution in [3.05, 3.63) is 58.9 Å². The normalized spacial score (nSPS) is 12.9. The number of nitrogens with one attached hydrogen (secondary N) is 1. The molecule has 1 aromatic heterocycles. The number of ether oxygens (including phenoxy) is 1. The first-order valence-electron chi connectivity index (χ1n) is 8.82. The monoisotopic (exact) mass is 368 g/mol. The molecular formula is C20H24N4O3. The van der Waals surface area contributed by atoms with E-state index in [-0.39, 0.29) is 11.9 Å². The van der Waals surface area contributed by atoms with Gasteiger partial charge in [-0.15, -0.1) is 0 Å². The molecule has 0 radical (unpaired) electrons. The number of hydrogen-bond donors (Lipinski definition) is 1. The van der Waals surface area contributed by atoms with Crippen LogP contribution in [-0.2, 0) is 19.5 Å². The quantitative estimate of drug-likeness (QED) is 0.896. The van der Waals surface area contributed by atoms with E-state index in [0.717, 1.165) is 22.4 Å². The number of carbonyl (C=O) groups excluding carboxylic acids is 2. The number of pyridine rings is 1. The molecular weight excluding hydrogens is 344 g/mol. The summed E-state index contributed by atoms with van der Waals surface area (Å²) in [5, 5.41) is 2.95. The first-order valence-corrected chi connectivity index (χ1v) is 8.82. The zero-order valence-corrected chi connectivity index (χ0v) is 15.9. The third kappa shape index (κ3) is 4.19. The van der Waals surface area contributed by atoms with Crippen LogP contribution in [0.4, 0.5) is 4.79 Å².